The zero-order valence-corrected chi connectivity index (χ0v) is 19.3. The molecule has 0 atom stereocenters. The van der Waals surface area contributed by atoms with E-state index in [1.807, 2.05) is 36.4 Å². The fourth-order valence-corrected chi connectivity index (χ4v) is 6.25. The third-order valence-corrected chi connectivity index (χ3v) is 8.72. The predicted octanol–water partition coefficient (Wildman–Crippen LogP) is 4.46. The van der Waals surface area contributed by atoms with Crippen LogP contribution in [0.2, 0.25) is 0 Å². The minimum absolute atomic E-state index is 0.0136. The van der Waals surface area contributed by atoms with Gasteiger partial charge in [-0.25, -0.2) is 13.4 Å². The quantitative estimate of drug-likeness (QED) is 0.548. The van der Waals surface area contributed by atoms with Crippen molar-refractivity contribution in [2.45, 2.75) is 43.4 Å². The van der Waals surface area contributed by atoms with Crippen LogP contribution >= 0.6 is 11.3 Å². The van der Waals surface area contributed by atoms with Gasteiger partial charge in [-0.15, -0.1) is 0 Å². The van der Waals surface area contributed by atoms with E-state index in [0.717, 1.165) is 41.5 Å². The van der Waals surface area contributed by atoms with E-state index in [1.165, 1.54) is 11.3 Å². The lowest BCUT2D eigenvalue weighted by molar-refractivity contribution is -0.118. The van der Waals surface area contributed by atoms with E-state index in [2.05, 4.69) is 4.98 Å². The maximum atomic E-state index is 12.9. The topological polar surface area (TPSA) is 70.6 Å². The van der Waals surface area contributed by atoms with Gasteiger partial charge in [-0.05, 0) is 49.1 Å². The standard InChI is InChI=1S/C23H27N3O3S2/c1-25(23-24-20-8-4-5-9-21(20)30-23)22(27)15-12-18-10-13-19(14-11-18)31(28,29)26-16-6-2-3-7-17-26/h4-5,8-11,13-14H,2-3,6-7,12,15-17H2,1H3. The summed E-state index contributed by atoms with van der Waals surface area (Å²) in [6.45, 7) is 1.19. The Morgan fingerprint density at radius 3 is 2.39 bits per heavy atom. The number of carbonyl (C=O) groups is 1. The fraction of sp³-hybridized carbons (Fsp3) is 0.391. The van der Waals surface area contributed by atoms with E-state index in [4.69, 9.17) is 0 Å². The second-order valence-corrected chi connectivity index (χ2v) is 10.8. The van der Waals surface area contributed by atoms with Crippen LogP contribution in [-0.4, -0.2) is 43.8 Å². The Balaban J connectivity index is 1.38. The first kappa shape index (κ1) is 21.9. The molecule has 1 aromatic heterocycles. The molecule has 0 radical (unpaired) electrons. The van der Waals surface area contributed by atoms with E-state index in [0.29, 0.717) is 36.0 Å². The highest BCUT2D eigenvalue weighted by Crippen LogP contribution is 2.28. The number of hydrogen-bond donors (Lipinski definition) is 0. The van der Waals surface area contributed by atoms with Gasteiger partial charge < -0.3 is 0 Å². The molecule has 164 valence electrons. The summed E-state index contributed by atoms with van der Waals surface area (Å²) in [5.74, 6) is -0.0136. The highest BCUT2D eigenvalue weighted by molar-refractivity contribution is 7.89. The van der Waals surface area contributed by atoms with E-state index in [-0.39, 0.29) is 5.91 Å². The summed E-state index contributed by atoms with van der Waals surface area (Å²) in [7, 11) is -1.70. The minimum atomic E-state index is -3.44. The van der Waals surface area contributed by atoms with Crippen LogP contribution in [0.25, 0.3) is 10.2 Å². The van der Waals surface area contributed by atoms with Gasteiger partial charge in [-0.2, -0.15) is 4.31 Å². The highest BCUT2D eigenvalue weighted by Gasteiger charge is 2.25. The van der Waals surface area contributed by atoms with E-state index in [1.54, 1.807) is 28.4 Å². The van der Waals surface area contributed by atoms with E-state index in [9.17, 15) is 13.2 Å². The summed E-state index contributed by atoms with van der Waals surface area (Å²) < 4.78 is 28.5. The molecule has 2 aromatic carbocycles. The molecular weight excluding hydrogens is 430 g/mol. The number of thiazole rings is 1. The molecule has 0 aliphatic carbocycles. The Morgan fingerprint density at radius 2 is 1.71 bits per heavy atom. The molecule has 1 saturated heterocycles. The normalized spacial score (nSPS) is 15.6. The van der Waals surface area contributed by atoms with Crippen molar-refractivity contribution in [3.05, 3.63) is 54.1 Å². The van der Waals surface area contributed by atoms with Gasteiger partial charge in [0.1, 0.15) is 0 Å². The lowest BCUT2D eigenvalue weighted by atomic mass is 10.1. The molecule has 3 aromatic rings. The van der Waals surface area contributed by atoms with Gasteiger partial charge in [-0.3, -0.25) is 9.69 Å². The van der Waals surface area contributed by atoms with E-state index >= 15 is 0 Å². The number of aromatic nitrogens is 1. The number of sulfonamides is 1. The molecule has 0 saturated carbocycles. The lowest BCUT2D eigenvalue weighted by Gasteiger charge is -2.20. The molecule has 1 fully saturated rings. The van der Waals surface area contributed by atoms with Crippen molar-refractivity contribution in [2.24, 2.45) is 0 Å². The molecule has 1 aliphatic heterocycles. The van der Waals surface area contributed by atoms with Gasteiger partial charge in [0, 0.05) is 26.6 Å². The fourth-order valence-electron chi connectivity index (χ4n) is 3.79. The molecule has 0 unspecified atom stereocenters. The second-order valence-electron chi connectivity index (χ2n) is 7.88. The highest BCUT2D eigenvalue weighted by atomic mass is 32.2. The second kappa shape index (κ2) is 9.46. The number of para-hydroxylation sites is 1. The Morgan fingerprint density at radius 1 is 1.03 bits per heavy atom. The third kappa shape index (κ3) is 4.97. The van der Waals surface area contributed by atoms with Crippen molar-refractivity contribution in [1.29, 1.82) is 0 Å². The van der Waals surface area contributed by atoms with Gasteiger partial charge >= 0.3 is 0 Å². The Labute approximate surface area is 187 Å². The van der Waals surface area contributed by atoms with Crippen LogP contribution in [0.5, 0.6) is 0 Å². The van der Waals surface area contributed by atoms with Crippen LogP contribution < -0.4 is 4.90 Å². The lowest BCUT2D eigenvalue weighted by Crippen LogP contribution is -2.31. The van der Waals surface area contributed by atoms with Crippen LogP contribution in [0.1, 0.15) is 37.7 Å². The number of carbonyl (C=O) groups excluding carboxylic acids is 1. The Kier molecular flexibility index (Phi) is 6.69. The summed E-state index contributed by atoms with van der Waals surface area (Å²) in [4.78, 5) is 19.1. The number of amides is 1. The molecule has 0 spiro atoms. The summed E-state index contributed by atoms with van der Waals surface area (Å²) in [6.07, 6.45) is 4.90. The molecule has 1 amide bonds. The molecule has 2 heterocycles. The molecule has 1 aliphatic rings. The first-order valence-corrected chi connectivity index (χ1v) is 12.9. The van der Waals surface area contributed by atoms with Crippen molar-refractivity contribution in [2.75, 3.05) is 25.0 Å². The number of rotatable bonds is 6. The van der Waals surface area contributed by atoms with Crippen LogP contribution in [0.3, 0.4) is 0 Å². The maximum Gasteiger partial charge on any atom is 0.243 e. The number of aryl methyl sites for hydroxylation is 1. The maximum absolute atomic E-state index is 12.9. The van der Waals surface area contributed by atoms with Crippen LogP contribution in [0.4, 0.5) is 5.13 Å². The first-order chi connectivity index (χ1) is 14.9. The molecule has 0 N–H and O–H groups in total. The van der Waals surface area contributed by atoms with Gasteiger partial charge in [-0.1, -0.05) is 48.4 Å². The molecule has 31 heavy (non-hydrogen) atoms. The summed E-state index contributed by atoms with van der Waals surface area (Å²) in [5, 5.41) is 0.685. The zero-order valence-electron chi connectivity index (χ0n) is 17.7. The average molecular weight is 458 g/mol. The van der Waals surface area contributed by atoms with Crippen molar-refractivity contribution >= 4 is 42.6 Å². The van der Waals surface area contributed by atoms with Crippen molar-refractivity contribution in [3.8, 4) is 0 Å². The average Bonchev–Trinajstić information content (AvgIpc) is 3.02. The molecule has 0 bridgehead atoms. The first-order valence-electron chi connectivity index (χ1n) is 10.7. The number of fused-ring (bicyclic) bond motifs is 1. The van der Waals surface area contributed by atoms with Crippen LogP contribution in [-0.2, 0) is 21.2 Å². The number of hydrogen-bond acceptors (Lipinski definition) is 5. The summed E-state index contributed by atoms with van der Waals surface area (Å²) >= 11 is 1.50. The summed E-state index contributed by atoms with van der Waals surface area (Å²) in [5.41, 5.74) is 1.84. The predicted molar refractivity (Wildman–Crippen MR) is 125 cm³/mol. The van der Waals surface area contributed by atoms with Crippen molar-refractivity contribution in [3.63, 3.8) is 0 Å². The van der Waals surface area contributed by atoms with Crippen LogP contribution in [0, 0.1) is 0 Å². The number of nitrogens with zero attached hydrogens (tertiary/aromatic N) is 3. The molecular formula is C23H27N3O3S2. The molecule has 6 nitrogen and oxygen atoms in total. The third-order valence-electron chi connectivity index (χ3n) is 5.70. The smallest absolute Gasteiger partial charge is 0.243 e. The van der Waals surface area contributed by atoms with Gasteiger partial charge in [0.05, 0.1) is 15.1 Å². The summed E-state index contributed by atoms with van der Waals surface area (Å²) in [6, 6.07) is 14.8. The minimum Gasteiger partial charge on any atom is -0.291 e. The van der Waals surface area contributed by atoms with Crippen molar-refractivity contribution in [1.82, 2.24) is 9.29 Å². The Bertz CT molecular complexity index is 1120. The molecule has 4 rings (SSSR count). The Hall–Kier alpha value is -2.29. The largest absolute Gasteiger partial charge is 0.291 e. The molecule has 8 heteroatoms. The van der Waals surface area contributed by atoms with E-state index < -0.39 is 10.0 Å². The SMILES string of the molecule is CN(C(=O)CCc1ccc(S(=O)(=O)N2CCCCCC2)cc1)c1nc2ccccc2s1. The number of benzene rings is 2. The zero-order chi connectivity index (χ0) is 21.8. The monoisotopic (exact) mass is 457 g/mol. The van der Waals surface area contributed by atoms with Gasteiger partial charge in [0.2, 0.25) is 15.9 Å². The number of anilines is 1. The van der Waals surface area contributed by atoms with Crippen molar-refractivity contribution < 1.29 is 13.2 Å². The van der Waals surface area contributed by atoms with Crippen LogP contribution in [0.15, 0.2) is 53.4 Å². The van der Waals surface area contributed by atoms with Gasteiger partial charge in [0.25, 0.3) is 0 Å². The van der Waals surface area contributed by atoms with Gasteiger partial charge in [0.15, 0.2) is 5.13 Å².